The first kappa shape index (κ1) is 6.55. The van der Waals surface area contributed by atoms with E-state index in [1.807, 2.05) is 0 Å². The molecule has 1 heterocycles. The van der Waals surface area contributed by atoms with Crippen LogP contribution in [0, 0.1) is 5.92 Å². The van der Waals surface area contributed by atoms with Gasteiger partial charge in [0.1, 0.15) is 6.10 Å². The molecule has 0 radical (unpaired) electrons. The number of rotatable bonds is 1. The minimum absolute atomic E-state index is 0.0255. The van der Waals surface area contributed by atoms with Crippen LogP contribution in [0.3, 0.4) is 0 Å². The molecule has 0 aromatic carbocycles. The average molecular weight is 130 g/mol. The summed E-state index contributed by atoms with van der Waals surface area (Å²) < 4.78 is 4.77. The predicted octanol–water partition coefficient (Wildman–Crippen LogP) is -0.0697. The SMILES string of the molecule is CC1OC(=O)CC1CO. The summed E-state index contributed by atoms with van der Waals surface area (Å²) in [6, 6.07) is 0. The minimum atomic E-state index is -0.193. The van der Waals surface area contributed by atoms with Gasteiger partial charge in [-0.15, -0.1) is 0 Å². The number of ether oxygens (including phenoxy) is 1. The first-order valence-electron chi connectivity index (χ1n) is 3.04. The predicted molar refractivity (Wildman–Crippen MR) is 30.7 cm³/mol. The van der Waals surface area contributed by atoms with Gasteiger partial charge in [0.15, 0.2) is 0 Å². The van der Waals surface area contributed by atoms with Gasteiger partial charge in [0.25, 0.3) is 0 Å². The first-order chi connectivity index (χ1) is 4.24. The van der Waals surface area contributed by atoms with Crippen LogP contribution in [0.25, 0.3) is 0 Å². The van der Waals surface area contributed by atoms with E-state index in [2.05, 4.69) is 0 Å². The molecule has 0 spiro atoms. The fourth-order valence-electron chi connectivity index (χ4n) is 0.945. The summed E-state index contributed by atoms with van der Waals surface area (Å²) in [5, 5.41) is 8.62. The van der Waals surface area contributed by atoms with Gasteiger partial charge in [-0.3, -0.25) is 4.79 Å². The van der Waals surface area contributed by atoms with Crippen molar-refractivity contribution >= 4 is 5.97 Å². The number of hydrogen-bond acceptors (Lipinski definition) is 3. The molecule has 2 unspecified atom stereocenters. The number of carbonyl (C=O) groups excluding carboxylic acids is 1. The number of aliphatic hydroxyl groups excluding tert-OH is 1. The molecule has 9 heavy (non-hydrogen) atoms. The third-order valence-electron chi connectivity index (χ3n) is 1.64. The quantitative estimate of drug-likeness (QED) is 0.505. The summed E-state index contributed by atoms with van der Waals surface area (Å²) in [6.45, 7) is 1.85. The Morgan fingerprint density at radius 1 is 1.89 bits per heavy atom. The summed E-state index contributed by atoms with van der Waals surface area (Å²) in [4.78, 5) is 10.5. The standard InChI is InChI=1S/C6H10O3/c1-4-5(3-7)2-6(8)9-4/h4-5,7H,2-3H2,1H3. The van der Waals surface area contributed by atoms with Gasteiger partial charge in [-0.05, 0) is 6.92 Å². The molecule has 0 bridgehead atoms. The van der Waals surface area contributed by atoms with Crippen LogP contribution < -0.4 is 0 Å². The molecule has 1 aliphatic heterocycles. The average Bonchev–Trinajstić information content (AvgIpc) is 2.10. The number of aliphatic hydroxyl groups is 1. The first-order valence-corrected chi connectivity index (χ1v) is 3.04. The van der Waals surface area contributed by atoms with Crippen LogP contribution in [-0.2, 0) is 9.53 Å². The number of hydrogen-bond donors (Lipinski definition) is 1. The zero-order valence-electron chi connectivity index (χ0n) is 5.33. The summed E-state index contributed by atoms with van der Waals surface area (Å²) in [5.74, 6) is -0.168. The minimum Gasteiger partial charge on any atom is -0.462 e. The van der Waals surface area contributed by atoms with Crippen LogP contribution in [-0.4, -0.2) is 23.8 Å². The van der Waals surface area contributed by atoms with Crippen molar-refractivity contribution in [3.8, 4) is 0 Å². The molecule has 1 fully saturated rings. The lowest BCUT2D eigenvalue weighted by molar-refractivity contribution is -0.140. The van der Waals surface area contributed by atoms with E-state index in [0.29, 0.717) is 6.42 Å². The van der Waals surface area contributed by atoms with Gasteiger partial charge in [0, 0.05) is 12.5 Å². The van der Waals surface area contributed by atoms with Gasteiger partial charge < -0.3 is 9.84 Å². The summed E-state index contributed by atoms with van der Waals surface area (Å²) in [6.07, 6.45) is 0.278. The van der Waals surface area contributed by atoms with Crippen molar-refractivity contribution in [2.75, 3.05) is 6.61 Å². The Hall–Kier alpha value is -0.570. The Kier molecular flexibility index (Phi) is 1.71. The Balaban J connectivity index is 2.47. The molecule has 1 aliphatic rings. The van der Waals surface area contributed by atoms with Crippen LogP contribution >= 0.6 is 0 Å². The van der Waals surface area contributed by atoms with Crippen molar-refractivity contribution < 1.29 is 14.6 Å². The zero-order valence-corrected chi connectivity index (χ0v) is 5.33. The maximum Gasteiger partial charge on any atom is 0.306 e. The molecule has 0 saturated carbocycles. The van der Waals surface area contributed by atoms with Gasteiger partial charge in [-0.2, -0.15) is 0 Å². The fraction of sp³-hybridized carbons (Fsp3) is 0.833. The third kappa shape index (κ3) is 1.21. The molecule has 52 valence electrons. The van der Waals surface area contributed by atoms with Crippen LogP contribution in [0.4, 0.5) is 0 Å². The van der Waals surface area contributed by atoms with Gasteiger partial charge in [0.2, 0.25) is 0 Å². The topological polar surface area (TPSA) is 46.5 Å². The highest BCUT2D eigenvalue weighted by Crippen LogP contribution is 2.20. The molecule has 1 N–H and O–H groups in total. The second kappa shape index (κ2) is 2.35. The highest BCUT2D eigenvalue weighted by Gasteiger charge is 2.30. The van der Waals surface area contributed by atoms with Gasteiger partial charge in [-0.1, -0.05) is 0 Å². The van der Waals surface area contributed by atoms with Crippen molar-refractivity contribution in [1.82, 2.24) is 0 Å². The molecular weight excluding hydrogens is 120 g/mol. The van der Waals surface area contributed by atoms with Gasteiger partial charge in [-0.25, -0.2) is 0 Å². The largest absolute Gasteiger partial charge is 0.462 e. The lowest BCUT2D eigenvalue weighted by Gasteiger charge is -2.07. The van der Waals surface area contributed by atoms with Crippen LogP contribution in [0.5, 0.6) is 0 Å². The summed E-state index contributed by atoms with van der Waals surface area (Å²) in [5.41, 5.74) is 0. The molecule has 0 aliphatic carbocycles. The molecule has 0 aromatic heterocycles. The van der Waals surface area contributed by atoms with E-state index >= 15 is 0 Å². The normalized spacial score (nSPS) is 34.7. The Morgan fingerprint density at radius 3 is 2.78 bits per heavy atom. The van der Waals surface area contributed by atoms with Gasteiger partial charge in [0.05, 0.1) is 6.42 Å². The molecule has 1 saturated heterocycles. The molecular formula is C6H10O3. The van der Waals surface area contributed by atoms with E-state index < -0.39 is 0 Å². The maximum absolute atomic E-state index is 10.5. The fourth-order valence-corrected chi connectivity index (χ4v) is 0.945. The number of cyclic esters (lactones) is 1. The molecule has 0 amide bonds. The van der Waals surface area contributed by atoms with Crippen LogP contribution in [0.2, 0.25) is 0 Å². The van der Waals surface area contributed by atoms with E-state index in [0.717, 1.165) is 0 Å². The highest BCUT2D eigenvalue weighted by molar-refractivity contribution is 5.72. The highest BCUT2D eigenvalue weighted by atomic mass is 16.5. The molecule has 3 heteroatoms. The molecule has 1 rings (SSSR count). The van der Waals surface area contributed by atoms with Crippen molar-refractivity contribution in [1.29, 1.82) is 0 Å². The Morgan fingerprint density at radius 2 is 2.56 bits per heavy atom. The second-order valence-corrected chi connectivity index (χ2v) is 2.34. The van der Waals surface area contributed by atoms with E-state index in [-0.39, 0.29) is 24.6 Å². The van der Waals surface area contributed by atoms with Crippen molar-refractivity contribution in [3.05, 3.63) is 0 Å². The molecule has 2 atom stereocenters. The van der Waals surface area contributed by atoms with E-state index in [9.17, 15) is 4.79 Å². The van der Waals surface area contributed by atoms with E-state index in [4.69, 9.17) is 9.84 Å². The lowest BCUT2D eigenvalue weighted by atomic mass is 10.0. The van der Waals surface area contributed by atoms with Crippen molar-refractivity contribution in [2.45, 2.75) is 19.4 Å². The zero-order chi connectivity index (χ0) is 6.85. The van der Waals surface area contributed by atoms with Gasteiger partial charge >= 0.3 is 5.97 Å². The third-order valence-corrected chi connectivity index (χ3v) is 1.64. The molecule has 0 aromatic rings. The monoisotopic (exact) mass is 130 g/mol. The van der Waals surface area contributed by atoms with Crippen LogP contribution in [0.1, 0.15) is 13.3 Å². The lowest BCUT2D eigenvalue weighted by Crippen LogP contribution is -2.14. The Labute approximate surface area is 53.6 Å². The second-order valence-electron chi connectivity index (χ2n) is 2.34. The summed E-state index contributed by atoms with van der Waals surface area (Å²) >= 11 is 0. The number of carbonyl (C=O) groups is 1. The van der Waals surface area contributed by atoms with Crippen molar-refractivity contribution in [3.63, 3.8) is 0 Å². The smallest absolute Gasteiger partial charge is 0.306 e. The Bertz CT molecular complexity index is 121. The van der Waals surface area contributed by atoms with E-state index in [1.54, 1.807) is 6.92 Å². The van der Waals surface area contributed by atoms with Crippen LogP contribution in [0.15, 0.2) is 0 Å². The summed E-state index contributed by atoms with van der Waals surface area (Å²) in [7, 11) is 0. The van der Waals surface area contributed by atoms with E-state index in [1.165, 1.54) is 0 Å². The maximum atomic E-state index is 10.5. The number of esters is 1. The molecule has 3 nitrogen and oxygen atoms in total. The van der Waals surface area contributed by atoms with Crippen molar-refractivity contribution in [2.24, 2.45) is 5.92 Å².